The molecule has 0 amide bonds. The molecule has 0 atom stereocenters. The Kier molecular flexibility index (Phi) is 5.33. The maximum Gasteiger partial charge on any atom is 0.194 e. The molecule has 0 unspecified atom stereocenters. The van der Waals surface area contributed by atoms with Crippen LogP contribution in [0.15, 0.2) is 21.9 Å². The van der Waals surface area contributed by atoms with Crippen molar-refractivity contribution in [2.75, 3.05) is 7.11 Å². The van der Waals surface area contributed by atoms with Gasteiger partial charge in [-0.15, -0.1) is 5.10 Å². The van der Waals surface area contributed by atoms with Gasteiger partial charge in [-0.25, -0.2) is 0 Å². The Bertz CT molecular complexity index is 159. The lowest BCUT2D eigenvalue weighted by Gasteiger charge is -1.83. The van der Waals surface area contributed by atoms with Crippen molar-refractivity contribution >= 4 is 12.6 Å². The van der Waals surface area contributed by atoms with Gasteiger partial charge in [-0.2, -0.15) is 5.10 Å². The molecule has 0 radical (unpaired) electrons. The molecule has 0 aliphatic carbocycles. The Labute approximate surface area is 61.1 Å². The average Bonchev–Trinajstić information content (AvgIpc) is 1.98. The number of hydrogen-bond acceptors (Lipinski definition) is 3. The lowest BCUT2D eigenvalue weighted by Crippen LogP contribution is -1.76. The fourth-order valence-electron chi connectivity index (χ4n) is 0.273. The van der Waals surface area contributed by atoms with E-state index in [9.17, 15) is 0 Å². The lowest BCUT2D eigenvalue weighted by molar-refractivity contribution is 0.421. The Hall–Kier alpha value is -1.12. The molecule has 0 rings (SSSR count). The van der Waals surface area contributed by atoms with Crippen LogP contribution in [-0.4, -0.2) is 19.7 Å². The van der Waals surface area contributed by atoms with Crippen LogP contribution in [0.3, 0.4) is 0 Å². The molecule has 0 fully saturated rings. The summed E-state index contributed by atoms with van der Waals surface area (Å²) in [5.41, 5.74) is 1.08. The second kappa shape index (κ2) is 6.01. The Morgan fingerprint density at radius 3 is 2.60 bits per heavy atom. The molecule has 0 aliphatic rings. The van der Waals surface area contributed by atoms with Gasteiger partial charge in [-0.3, -0.25) is 0 Å². The summed E-state index contributed by atoms with van der Waals surface area (Å²) in [5.74, 6) is 0. The number of hydrogen-bond donors (Lipinski definition) is 0. The number of rotatable bonds is 3. The third-order valence-electron chi connectivity index (χ3n) is 0.936. The summed E-state index contributed by atoms with van der Waals surface area (Å²) in [7, 11) is 1.53. The van der Waals surface area contributed by atoms with Gasteiger partial charge in [0, 0.05) is 0 Å². The SMILES string of the molecule is C/C=C(C)/C=N\N=C/OC. The molecule has 0 heterocycles. The van der Waals surface area contributed by atoms with Crippen LogP contribution in [0.2, 0.25) is 0 Å². The molecule has 56 valence electrons. The Morgan fingerprint density at radius 1 is 1.40 bits per heavy atom. The zero-order chi connectivity index (χ0) is 7.82. The second-order valence-electron chi connectivity index (χ2n) is 1.73. The first kappa shape index (κ1) is 8.88. The first-order valence-corrected chi connectivity index (χ1v) is 3.02. The van der Waals surface area contributed by atoms with Crippen molar-refractivity contribution in [3.63, 3.8) is 0 Å². The van der Waals surface area contributed by atoms with Crippen LogP contribution in [-0.2, 0) is 4.74 Å². The average molecular weight is 140 g/mol. The van der Waals surface area contributed by atoms with Gasteiger partial charge in [0.05, 0.1) is 13.3 Å². The van der Waals surface area contributed by atoms with E-state index >= 15 is 0 Å². The van der Waals surface area contributed by atoms with E-state index in [2.05, 4.69) is 14.9 Å². The van der Waals surface area contributed by atoms with Crippen molar-refractivity contribution in [3.05, 3.63) is 11.6 Å². The molecule has 0 aromatic carbocycles. The highest BCUT2D eigenvalue weighted by molar-refractivity contribution is 5.77. The van der Waals surface area contributed by atoms with Gasteiger partial charge in [0.15, 0.2) is 6.40 Å². The van der Waals surface area contributed by atoms with E-state index in [-0.39, 0.29) is 0 Å². The molecule has 10 heavy (non-hydrogen) atoms. The molecule has 0 aliphatic heterocycles. The van der Waals surface area contributed by atoms with E-state index in [0.29, 0.717) is 0 Å². The Balaban J connectivity index is 3.66. The minimum atomic E-state index is 1.08. The van der Waals surface area contributed by atoms with Crippen molar-refractivity contribution in [1.82, 2.24) is 0 Å². The van der Waals surface area contributed by atoms with Gasteiger partial charge in [0.2, 0.25) is 0 Å². The standard InChI is InChI=1S/C7H12N2O/c1-4-7(2)5-8-9-6-10-3/h4-6H,1-3H3/b7-4+,8-5-,9-6-. The molecule has 0 aromatic heterocycles. The monoisotopic (exact) mass is 140 g/mol. The molecular weight excluding hydrogens is 128 g/mol. The van der Waals surface area contributed by atoms with E-state index in [1.54, 1.807) is 6.21 Å². The molecule has 0 saturated heterocycles. The highest BCUT2D eigenvalue weighted by atomic mass is 16.5. The van der Waals surface area contributed by atoms with E-state index in [0.717, 1.165) is 5.57 Å². The lowest BCUT2D eigenvalue weighted by atomic mass is 10.3. The van der Waals surface area contributed by atoms with E-state index in [4.69, 9.17) is 0 Å². The zero-order valence-corrected chi connectivity index (χ0v) is 6.53. The van der Waals surface area contributed by atoms with Gasteiger partial charge < -0.3 is 4.74 Å². The number of methoxy groups -OCH3 is 1. The number of allylic oxidation sites excluding steroid dienone is 2. The molecule has 0 saturated carbocycles. The summed E-state index contributed by atoms with van der Waals surface area (Å²) in [4.78, 5) is 0. The molecule has 0 spiro atoms. The molecule has 3 heteroatoms. The largest absolute Gasteiger partial charge is 0.485 e. The van der Waals surface area contributed by atoms with Gasteiger partial charge >= 0.3 is 0 Å². The third-order valence-corrected chi connectivity index (χ3v) is 0.936. The fraction of sp³-hybridized carbons (Fsp3) is 0.429. The van der Waals surface area contributed by atoms with Crippen molar-refractivity contribution in [2.45, 2.75) is 13.8 Å². The minimum Gasteiger partial charge on any atom is -0.485 e. The first-order valence-electron chi connectivity index (χ1n) is 3.02. The van der Waals surface area contributed by atoms with Crippen LogP contribution in [0.5, 0.6) is 0 Å². The highest BCUT2D eigenvalue weighted by Crippen LogP contribution is 1.85. The van der Waals surface area contributed by atoms with E-state index in [1.807, 2.05) is 19.9 Å². The van der Waals surface area contributed by atoms with Crippen LogP contribution >= 0.6 is 0 Å². The summed E-state index contributed by atoms with van der Waals surface area (Å²) in [6.07, 6.45) is 4.89. The zero-order valence-electron chi connectivity index (χ0n) is 6.53. The molecule has 0 N–H and O–H groups in total. The van der Waals surface area contributed by atoms with Crippen LogP contribution in [0.1, 0.15) is 13.8 Å². The summed E-state index contributed by atoms with van der Waals surface area (Å²) >= 11 is 0. The predicted molar refractivity (Wildman–Crippen MR) is 43.4 cm³/mol. The van der Waals surface area contributed by atoms with E-state index < -0.39 is 0 Å². The maximum absolute atomic E-state index is 4.53. The van der Waals surface area contributed by atoms with Crippen LogP contribution < -0.4 is 0 Å². The maximum atomic E-state index is 4.53. The molecular formula is C7H12N2O. The summed E-state index contributed by atoms with van der Waals surface area (Å²) in [6, 6.07) is 0. The van der Waals surface area contributed by atoms with Crippen LogP contribution in [0.25, 0.3) is 0 Å². The fourth-order valence-corrected chi connectivity index (χ4v) is 0.273. The summed E-state index contributed by atoms with van der Waals surface area (Å²) < 4.78 is 4.53. The van der Waals surface area contributed by atoms with Crippen LogP contribution in [0, 0.1) is 0 Å². The van der Waals surface area contributed by atoms with Crippen molar-refractivity contribution in [3.8, 4) is 0 Å². The predicted octanol–water partition coefficient (Wildman–Crippen LogP) is 1.61. The van der Waals surface area contributed by atoms with Gasteiger partial charge in [-0.1, -0.05) is 6.08 Å². The van der Waals surface area contributed by atoms with Crippen molar-refractivity contribution in [2.24, 2.45) is 10.2 Å². The van der Waals surface area contributed by atoms with E-state index in [1.165, 1.54) is 13.5 Å². The molecule has 0 aromatic rings. The first-order chi connectivity index (χ1) is 4.81. The number of ether oxygens (including phenoxy) is 1. The topological polar surface area (TPSA) is 34.0 Å². The van der Waals surface area contributed by atoms with Gasteiger partial charge in [-0.05, 0) is 19.4 Å². The number of nitrogens with zero attached hydrogens (tertiary/aromatic N) is 2. The molecule has 0 bridgehead atoms. The van der Waals surface area contributed by atoms with Crippen molar-refractivity contribution < 1.29 is 4.74 Å². The minimum absolute atomic E-state index is 1.08. The summed E-state index contributed by atoms with van der Waals surface area (Å²) in [6.45, 7) is 3.90. The summed E-state index contributed by atoms with van der Waals surface area (Å²) in [5, 5.41) is 7.24. The molecule has 3 nitrogen and oxygen atoms in total. The highest BCUT2D eigenvalue weighted by Gasteiger charge is 1.74. The van der Waals surface area contributed by atoms with Gasteiger partial charge in [0.1, 0.15) is 0 Å². The Morgan fingerprint density at radius 2 is 2.10 bits per heavy atom. The van der Waals surface area contributed by atoms with Crippen molar-refractivity contribution in [1.29, 1.82) is 0 Å². The third kappa shape index (κ3) is 5.03. The second-order valence-corrected chi connectivity index (χ2v) is 1.73. The van der Waals surface area contributed by atoms with Crippen LogP contribution in [0.4, 0.5) is 0 Å². The smallest absolute Gasteiger partial charge is 0.194 e. The normalized spacial score (nSPS) is 13.3. The van der Waals surface area contributed by atoms with Gasteiger partial charge in [0.25, 0.3) is 0 Å². The quantitative estimate of drug-likeness (QED) is 0.333.